The number of hydrogen-bond donors (Lipinski definition) is 1. The van der Waals surface area contributed by atoms with Crippen molar-refractivity contribution < 1.29 is 9.53 Å². The Morgan fingerprint density at radius 2 is 1.83 bits per heavy atom. The van der Waals surface area contributed by atoms with Crippen molar-refractivity contribution in [1.82, 2.24) is 20.3 Å². The molecule has 184 valence electrons. The summed E-state index contributed by atoms with van der Waals surface area (Å²) in [6.07, 6.45) is 3.96. The van der Waals surface area contributed by atoms with E-state index >= 15 is 0 Å². The Balaban J connectivity index is 1.10. The molecule has 0 saturated carbocycles. The van der Waals surface area contributed by atoms with Crippen molar-refractivity contribution >= 4 is 23.1 Å². The number of anilines is 1. The fraction of sp³-hybridized carbons (Fsp3) is 0.286. The lowest BCUT2D eigenvalue weighted by molar-refractivity contribution is -0.125. The first-order valence-corrected chi connectivity index (χ1v) is 13.1. The zero-order valence-corrected chi connectivity index (χ0v) is 21.1. The van der Waals surface area contributed by atoms with Gasteiger partial charge in [0.2, 0.25) is 5.91 Å². The quantitative estimate of drug-likeness (QED) is 0.373. The number of amides is 1. The number of methoxy groups -OCH3 is 1. The van der Waals surface area contributed by atoms with Crippen molar-refractivity contribution in [2.45, 2.75) is 19.3 Å². The Kier molecular flexibility index (Phi) is 7.52. The van der Waals surface area contributed by atoms with Crippen molar-refractivity contribution in [1.29, 1.82) is 0 Å². The van der Waals surface area contributed by atoms with Crippen LogP contribution < -0.4 is 15.0 Å². The first-order valence-electron chi connectivity index (χ1n) is 12.2. The van der Waals surface area contributed by atoms with Crippen LogP contribution in [-0.4, -0.2) is 47.6 Å². The van der Waals surface area contributed by atoms with E-state index in [1.54, 1.807) is 24.8 Å². The second kappa shape index (κ2) is 11.3. The van der Waals surface area contributed by atoms with E-state index in [9.17, 15) is 4.79 Å². The number of nitrogens with zero attached hydrogens (tertiary/aromatic N) is 4. The molecule has 1 N–H and O–H groups in total. The van der Waals surface area contributed by atoms with Gasteiger partial charge in [-0.25, -0.2) is 15.0 Å². The molecule has 8 heteroatoms. The number of ether oxygens (including phenoxy) is 1. The van der Waals surface area contributed by atoms with E-state index in [-0.39, 0.29) is 11.8 Å². The Hall–Kier alpha value is -3.78. The van der Waals surface area contributed by atoms with E-state index in [0.29, 0.717) is 6.54 Å². The van der Waals surface area contributed by atoms with Crippen molar-refractivity contribution in [3.8, 4) is 27.6 Å². The fourth-order valence-corrected chi connectivity index (χ4v) is 5.26. The molecule has 2 aromatic heterocycles. The Morgan fingerprint density at radius 1 is 1.06 bits per heavy atom. The van der Waals surface area contributed by atoms with Gasteiger partial charge in [-0.15, -0.1) is 11.3 Å². The molecule has 2 aromatic carbocycles. The predicted molar refractivity (Wildman–Crippen MR) is 143 cm³/mol. The van der Waals surface area contributed by atoms with E-state index in [1.807, 2.05) is 48.5 Å². The average Bonchev–Trinajstić information content (AvgIpc) is 3.43. The van der Waals surface area contributed by atoms with Gasteiger partial charge in [0.25, 0.3) is 0 Å². The van der Waals surface area contributed by atoms with Crippen molar-refractivity contribution in [2.24, 2.45) is 5.92 Å². The molecule has 3 heterocycles. The predicted octanol–water partition coefficient (Wildman–Crippen LogP) is 4.85. The second-order valence-corrected chi connectivity index (χ2v) is 9.66. The van der Waals surface area contributed by atoms with Crippen molar-refractivity contribution in [2.75, 3.05) is 31.6 Å². The van der Waals surface area contributed by atoms with Crippen molar-refractivity contribution in [3.05, 3.63) is 78.1 Å². The second-order valence-electron chi connectivity index (χ2n) is 8.80. The number of hydrogen-bond acceptors (Lipinski definition) is 7. The summed E-state index contributed by atoms with van der Waals surface area (Å²) in [6.45, 7) is 2.20. The van der Waals surface area contributed by atoms with Gasteiger partial charge in [-0.05, 0) is 37.1 Å². The van der Waals surface area contributed by atoms with Crippen LogP contribution >= 0.6 is 11.3 Å². The fourth-order valence-electron chi connectivity index (χ4n) is 4.40. The molecule has 1 saturated heterocycles. The van der Waals surface area contributed by atoms with Crippen LogP contribution in [0.2, 0.25) is 0 Å². The van der Waals surface area contributed by atoms with Gasteiger partial charge in [-0.3, -0.25) is 4.79 Å². The SMILES string of the molecule is COc1ccc(-c2cc(N3CCC(C(=O)NCCc4csc(-c5ccccc5)n4)CC3)ncn2)cc1. The van der Waals surface area contributed by atoms with Gasteiger partial charge in [0.05, 0.1) is 18.5 Å². The van der Waals surface area contributed by atoms with Gasteiger partial charge in [0, 0.05) is 54.5 Å². The molecule has 1 amide bonds. The van der Waals surface area contributed by atoms with E-state index in [2.05, 4.69) is 37.7 Å². The molecule has 0 unspecified atom stereocenters. The summed E-state index contributed by atoms with van der Waals surface area (Å²) in [5.74, 6) is 1.87. The zero-order chi connectivity index (χ0) is 24.7. The minimum absolute atomic E-state index is 0.0273. The number of aromatic nitrogens is 3. The summed E-state index contributed by atoms with van der Waals surface area (Å²) in [7, 11) is 1.66. The molecule has 0 bridgehead atoms. The molecule has 7 nitrogen and oxygen atoms in total. The van der Waals surface area contributed by atoms with Gasteiger partial charge in [0.15, 0.2) is 0 Å². The highest BCUT2D eigenvalue weighted by Gasteiger charge is 2.25. The molecular formula is C28H29N5O2S. The standard InChI is InChI=1S/C28H29N5O2S/c1-35-24-9-7-20(8-10-24)25-17-26(31-19-30-25)33-15-12-21(13-16-33)27(34)29-14-11-23-18-36-28(32-23)22-5-3-2-4-6-22/h2-10,17-19,21H,11-16H2,1H3,(H,29,34). The average molecular weight is 500 g/mol. The van der Waals surface area contributed by atoms with Crippen LogP contribution in [0, 0.1) is 5.92 Å². The highest BCUT2D eigenvalue weighted by atomic mass is 32.1. The van der Waals surface area contributed by atoms with Crippen molar-refractivity contribution in [3.63, 3.8) is 0 Å². The van der Waals surface area contributed by atoms with E-state index in [0.717, 1.165) is 71.4 Å². The van der Waals surface area contributed by atoms with Crippen LogP contribution in [0.1, 0.15) is 18.5 Å². The number of nitrogens with one attached hydrogen (secondary N) is 1. The maximum Gasteiger partial charge on any atom is 0.223 e. The molecule has 5 rings (SSSR count). The molecule has 0 radical (unpaired) electrons. The highest BCUT2D eigenvalue weighted by molar-refractivity contribution is 7.13. The molecule has 0 aliphatic carbocycles. The summed E-state index contributed by atoms with van der Waals surface area (Å²) in [5.41, 5.74) is 4.04. The summed E-state index contributed by atoms with van der Waals surface area (Å²) in [4.78, 5) is 28.6. The molecule has 1 fully saturated rings. The topological polar surface area (TPSA) is 80.2 Å². The molecule has 0 atom stereocenters. The van der Waals surface area contributed by atoms with Gasteiger partial charge >= 0.3 is 0 Å². The minimum atomic E-state index is 0.0273. The van der Waals surface area contributed by atoms with E-state index in [4.69, 9.17) is 9.72 Å². The van der Waals surface area contributed by atoms with Crippen LogP contribution in [0.25, 0.3) is 21.8 Å². The molecular weight excluding hydrogens is 470 g/mol. The number of benzene rings is 2. The Bertz CT molecular complexity index is 1280. The lowest BCUT2D eigenvalue weighted by Gasteiger charge is -2.32. The summed E-state index contributed by atoms with van der Waals surface area (Å²) < 4.78 is 5.24. The normalized spacial score (nSPS) is 14.0. The van der Waals surface area contributed by atoms with Crippen LogP contribution in [0.5, 0.6) is 5.75 Å². The first kappa shape index (κ1) is 23.9. The van der Waals surface area contributed by atoms with Crippen LogP contribution in [0.3, 0.4) is 0 Å². The summed E-state index contributed by atoms with van der Waals surface area (Å²) >= 11 is 1.64. The highest BCUT2D eigenvalue weighted by Crippen LogP contribution is 2.27. The Morgan fingerprint density at radius 3 is 2.58 bits per heavy atom. The monoisotopic (exact) mass is 499 g/mol. The summed E-state index contributed by atoms with van der Waals surface area (Å²) in [6, 6.07) is 20.0. The summed E-state index contributed by atoms with van der Waals surface area (Å²) in [5, 5.41) is 6.21. The number of carbonyl (C=O) groups is 1. The van der Waals surface area contributed by atoms with Gasteiger partial charge in [-0.1, -0.05) is 30.3 Å². The molecule has 1 aliphatic rings. The lowest BCUT2D eigenvalue weighted by Crippen LogP contribution is -2.41. The number of rotatable bonds is 8. The Labute approximate surface area is 215 Å². The van der Waals surface area contributed by atoms with Crippen LogP contribution in [0.4, 0.5) is 5.82 Å². The smallest absolute Gasteiger partial charge is 0.223 e. The molecule has 36 heavy (non-hydrogen) atoms. The first-order chi connectivity index (χ1) is 17.7. The third-order valence-electron chi connectivity index (χ3n) is 6.48. The number of piperidine rings is 1. The largest absolute Gasteiger partial charge is 0.497 e. The number of thiazole rings is 1. The minimum Gasteiger partial charge on any atom is -0.497 e. The third-order valence-corrected chi connectivity index (χ3v) is 7.42. The molecule has 1 aliphatic heterocycles. The molecule has 0 spiro atoms. The van der Waals surface area contributed by atoms with Gasteiger partial charge in [0.1, 0.15) is 22.9 Å². The van der Waals surface area contributed by atoms with Crippen LogP contribution in [0.15, 0.2) is 72.4 Å². The van der Waals surface area contributed by atoms with Gasteiger partial charge in [-0.2, -0.15) is 0 Å². The van der Waals surface area contributed by atoms with Gasteiger partial charge < -0.3 is 15.0 Å². The third kappa shape index (κ3) is 5.71. The van der Waals surface area contributed by atoms with E-state index < -0.39 is 0 Å². The van der Waals surface area contributed by atoms with Crippen LogP contribution in [-0.2, 0) is 11.2 Å². The molecule has 4 aromatic rings. The zero-order valence-electron chi connectivity index (χ0n) is 20.3. The maximum absolute atomic E-state index is 12.8. The lowest BCUT2D eigenvalue weighted by atomic mass is 9.96. The van der Waals surface area contributed by atoms with E-state index in [1.165, 1.54) is 0 Å². The number of carbonyl (C=O) groups excluding carboxylic acids is 1. The maximum atomic E-state index is 12.8.